The van der Waals surface area contributed by atoms with E-state index in [0.29, 0.717) is 18.9 Å². The number of hydrogen-bond acceptors (Lipinski definition) is 2. The minimum absolute atomic E-state index is 0.251. The van der Waals surface area contributed by atoms with Gasteiger partial charge in [0.15, 0.2) is 17.5 Å². The maximum atomic E-state index is 13.4. The van der Waals surface area contributed by atoms with Gasteiger partial charge in [-0.05, 0) is 66.6 Å². The van der Waals surface area contributed by atoms with Crippen LogP contribution in [0.15, 0.2) is 41.4 Å². The molecule has 2 aromatic carbocycles. The van der Waals surface area contributed by atoms with Gasteiger partial charge in [0.05, 0.1) is 7.11 Å². The van der Waals surface area contributed by atoms with Crippen molar-refractivity contribution in [1.29, 1.82) is 0 Å². The van der Waals surface area contributed by atoms with E-state index in [1.165, 1.54) is 37.1 Å². The first kappa shape index (κ1) is 16.3. The van der Waals surface area contributed by atoms with Gasteiger partial charge in [-0.1, -0.05) is 12.1 Å². The average Bonchev–Trinajstić information content (AvgIpc) is 3.04. The van der Waals surface area contributed by atoms with Crippen LogP contribution in [-0.2, 0) is 19.3 Å². The second-order valence-corrected chi connectivity index (χ2v) is 5.95. The largest absolute Gasteiger partial charge is 0.494 e. The number of aryl methyl sites for hydroxylation is 2. The molecule has 0 atom stereocenters. The monoisotopic (exact) mass is 327 g/mol. The Bertz CT molecular complexity index is 758. The second kappa shape index (κ2) is 7.34. The first-order chi connectivity index (χ1) is 11.7. The fraction of sp³-hybridized carbons (Fsp3) is 0.316. The zero-order valence-corrected chi connectivity index (χ0v) is 13.8. The number of hydrogen-bond donors (Lipinski definition) is 2. The van der Waals surface area contributed by atoms with E-state index in [1.807, 2.05) is 6.07 Å². The van der Waals surface area contributed by atoms with E-state index in [4.69, 9.17) is 10.5 Å². The van der Waals surface area contributed by atoms with Crippen LogP contribution >= 0.6 is 0 Å². The molecular formula is C19H22FN3O. The standard InChI is InChI=1S/C19H22FN3O/c1-24-18-11-13(5-8-17(18)20)9-10-22-19(21)23-16-7-6-14-3-2-4-15(14)12-16/h5-8,11-12H,2-4,9-10H2,1H3,(H3,21,22,23). The van der Waals surface area contributed by atoms with Gasteiger partial charge in [0.25, 0.3) is 0 Å². The molecule has 0 unspecified atom stereocenters. The van der Waals surface area contributed by atoms with Gasteiger partial charge in [-0.25, -0.2) is 4.39 Å². The summed E-state index contributed by atoms with van der Waals surface area (Å²) in [5, 5.41) is 3.13. The lowest BCUT2D eigenvalue weighted by atomic mass is 10.1. The highest BCUT2D eigenvalue weighted by Crippen LogP contribution is 2.24. The summed E-state index contributed by atoms with van der Waals surface area (Å²) in [6.45, 7) is 0.526. The van der Waals surface area contributed by atoms with Crippen LogP contribution in [-0.4, -0.2) is 19.6 Å². The number of nitrogens with one attached hydrogen (secondary N) is 1. The maximum absolute atomic E-state index is 13.4. The van der Waals surface area contributed by atoms with Crippen molar-refractivity contribution in [2.45, 2.75) is 25.7 Å². The molecule has 1 aliphatic carbocycles. The van der Waals surface area contributed by atoms with E-state index in [-0.39, 0.29) is 11.6 Å². The van der Waals surface area contributed by atoms with Gasteiger partial charge in [-0.3, -0.25) is 4.99 Å². The first-order valence-electron chi connectivity index (χ1n) is 8.17. The van der Waals surface area contributed by atoms with Crippen LogP contribution in [0.4, 0.5) is 10.1 Å². The average molecular weight is 327 g/mol. The van der Waals surface area contributed by atoms with Gasteiger partial charge in [0.2, 0.25) is 0 Å². The highest BCUT2D eigenvalue weighted by atomic mass is 19.1. The van der Waals surface area contributed by atoms with Gasteiger partial charge in [-0.15, -0.1) is 0 Å². The van der Waals surface area contributed by atoms with Crippen molar-refractivity contribution in [1.82, 2.24) is 0 Å². The summed E-state index contributed by atoms with van der Waals surface area (Å²) in [6.07, 6.45) is 4.20. The summed E-state index contributed by atoms with van der Waals surface area (Å²) >= 11 is 0. The van der Waals surface area contributed by atoms with Crippen LogP contribution in [0.5, 0.6) is 5.75 Å². The highest BCUT2D eigenvalue weighted by molar-refractivity contribution is 5.92. The predicted octanol–water partition coefficient (Wildman–Crippen LogP) is 3.29. The van der Waals surface area contributed by atoms with Gasteiger partial charge in [0, 0.05) is 12.2 Å². The summed E-state index contributed by atoms with van der Waals surface area (Å²) < 4.78 is 18.4. The van der Waals surface area contributed by atoms with E-state index in [0.717, 1.165) is 17.7 Å². The summed E-state index contributed by atoms with van der Waals surface area (Å²) in [5.74, 6) is 0.283. The smallest absolute Gasteiger partial charge is 0.193 e. The predicted molar refractivity (Wildman–Crippen MR) is 95.2 cm³/mol. The Hall–Kier alpha value is -2.56. The molecule has 24 heavy (non-hydrogen) atoms. The number of methoxy groups -OCH3 is 1. The third-order valence-electron chi connectivity index (χ3n) is 4.27. The molecule has 3 rings (SSSR count). The van der Waals surface area contributed by atoms with Crippen molar-refractivity contribution < 1.29 is 9.13 Å². The Kier molecular flexibility index (Phi) is 4.99. The van der Waals surface area contributed by atoms with Crippen molar-refractivity contribution >= 4 is 11.6 Å². The molecule has 0 radical (unpaired) electrons. The molecule has 1 aliphatic rings. The lowest BCUT2D eigenvalue weighted by Gasteiger charge is -2.08. The topological polar surface area (TPSA) is 59.6 Å². The lowest BCUT2D eigenvalue weighted by Crippen LogP contribution is -2.23. The van der Waals surface area contributed by atoms with E-state index in [2.05, 4.69) is 22.4 Å². The Morgan fingerprint density at radius 3 is 2.88 bits per heavy atom. The number of ether oxygens (including phenoxy) is 1. The van der Waals surface area contributed by atoms with Gasteiger partial charge in [0.1, 0.15) is 0 Å². The molecular weight excluding hydrogens is 305 g/mol. The molecule has 0 bridgehead atoms. The van der Waals surface area contributed by atoms with Crippen LogP contribution < -0.4 is 15.8 Å². The second-order valence-electron chi connectivity index (χ2n) is 5.95. The number of anilines is 1. The number of aliphatic imine (C=N–C) groups is 1. The Morgan fingerprint density at radius 2 is 2.04 bits per heavy atom. The zero-order valence-electron chi connectivity index (χ0n) is 13.8. The van der Waals surface area contributed by atoms with Crippen molar-refractivity contribution in [3.8, 4) is 5.75 Å². The van der Waals surface area contributed by atoms with Crippen molar-refractivity contribution in [2.75, 3.05) is 19.0 Å². The molecule has 0 heterocycles. The zero-order chi connectivity index (χ0) is 16.9. The van der Waals surface area contributed by atoms with Crippen LogP contribution in [0.2, 0.25) is 0 Å². The quantitative estimate of drug-likeness (QED) is 0.654. The molecule has 0 spiro atoms. The molecule has 4 nitrogen and oxygen atoms in total. The number of rotatable bonds is 5. The Labute approximate surface area is 141 Å². The third-order valence-corrected chi connectivity index (χ3v) is 4.27. The van der Waals surface area contributed by atoms with E-state index in [9.17, 15) is 4.39 Å². The summed E-state index contributed by atoms with van der Waals surface area (Å²) in [7, 11) is 1.46. The molecule has 126 valence electrons. The van der Waals surface area contributed by atoms with Crippen molar-refractivity contribution in [3.63, 3.8) is 0 Å². The number of benzene rings is 2. The normalized spacial score (nSPS) is 13.7. The Morgan fingerprint density at radius 1 is 1.21 bits per heavy atom. The Balaban J connectivity index is 1.56. The summed E-state index contributed by atoms with van der Waals surface area (Å²) in [4.78, 5) is 4.33. The first-order valence-corrected chi connectivity index (χ1v) is 8.17. The number of fused-ring (bicyclic) bond motifs is 1. The van der Waals surface area contributed by atoms with E-state index in [1.54, 1.807) is 12.1 Å². The fourth-order valence-electron chi connectivity index (χ4n) is 3.00. The molecule has 0 saturated carbocycles. The minimum Gasteiger partial charge on any atom is -0.494 e. The van der Waals surface area contributed by atoms with Gasteiger partial charge < -0.3 is 15.8 Å². The van der Waals surface area contributed by atoms with Crippen LogP contribution in [0.25, 0.3) is 0 Å². The van der Waals surface area contributed by atoms with E-state index < -0.39 is 0 Å². The number of nitrogens with zero attached hydrogens (tertiary/aromatic N) is 1. The molecule has 2 aromatic rings. The third kappa shape index (κ3) is 3.85. The van der Waals surface area contributed by atoms with Crippen LogP contribution in [0.3, 0.4) is 0 Å². The summed E-state index contributed by atoms with van der Waals surface area (Å²) in [5.41, 5.74) is 10.7. The van der Waals surface area contributed by atoms with Crippen molar-refractivity contribution in [2.24, 2.45) is 10.7 Å². The van der Waals surface area contributed by atoms with Gasteiger partial charge in [-0.2, -0.15) is 0 Å². The maximum Gasteiger partial charge on any atom is 0.193 e. The molecule has 0 fully saturated rings. The summed E-state index contributed by atoms with van der Waals surface area (Å²) in [6, 6.07) is 11.2. The highest BCUT2D eigenvalue weighted by Gasteiger charge is 2.10. The minimum atomic E-state index is -0.359. The van der Waals surface area contributed by atoms with Crippen LogP contribution in [0.1, 0.15) is 23.1 Å². The van der Waals surface area contributed by atoms with Crippen LogP contribution in [0, 0.1) is 5.82 Å². The molecule has 0 amide bonds. The molecule has 0 aromatic heterocycles. The molecule has 3 N–H and O–H groups in total. The molecule has 5 heteroatoms. The lowest BCUT2D eigenvalue weighted by molar-refractivity contribution is 0.386. The van der Waals surface area contributed by atoms with Crippen molar-refractivity contribution in [3.05, 3.63) is 58.9 Å². The van der Waals surface area contributed by atoms with Gasteiger partial charge >= 0.3 is 0 Å². The fourth-order valence-corrected chi connectivity index (χ4v) is 3.00. The number of halogens is 1. The SMILES string of the molecule is COc1cc(CCN=C(N)Nc2ccc3c(c2)CCC3)ccc1F. The molecule has 0 aliphatic heterocycles. The number of nitrogens with two attached hydrogens (primary N) is 1. The molecule has 0 saturated heterocycles. The van der Waals surface area contributed by atoms with E-state index >= 15 is 0 Å². The number of guanidine groups is 1.